The average Bonchev–Trinajstić information content (AvgIpc) is 3.22. The van der Waals surface area contributed by atoms with Crippen molar-refractivity contribution in [2.24, 2.45) is 0 Å². The fourth-order valence-corrected chi connectivity index (χ4v) is 2.21. The lowest BCUT2D eigenvalue weighted by Gasteiger charge is -2.09. The van der Waals surface area contributed by atoms with Gasteiger partial charge in [-0.05, 0) is 43.2 Å². The predicted molar refractivity (Wildman–Crippen MR) is 78.1 cm³/mol. The molecule has 1 amide bonds. The molecule has 1 aromatic carbocycles. The van der Waals surface area contributed by atoms with E-state index in [1.165, 1.54) is 0 Å². The van der Waals surface area contributed by atoms with Crippen LogP contribution in [-0.2, 0) is 0 Å². The number of aromatic nitrogens is 1. The summed E-state index contributed by atoms with van der Waals surface area (Å²) >= 11 is 0. The SMILES string of the molecule is COc1ccc(NC(=O)c2cc(N)cn2C2CC2)cc1. The summed E-state index contributed by atoms with van der Waals surface area (Å²) in [6.45, 7) is 0. The first-order chi connectivity index (χ1) is 9.67. The van der Waals surface area contributed by atoms with Crippen LogP contribution >= 0.6 is 0 Å². The molecule has 104 valence electrons. The molecule has 1 saturated carbocycles. The minimum Gasteiger partial charge on any atom is -0.497 e. The summed E-state index contributed by atoms with van der Waals surface area (Å²) in [5.74, 6) is 0.618. The van der Waals surface area contributed by atoms with Crippen LogP contribution in [0.4, 0.5) is 11.4 Å². The van der Waals surface area contributed by atoms with Crippen LogP contribution in [0.3, 0.4) is 0 Å². The Bertz CT molecular complexity index is 627. The minimum atomic E-state index is -0.140. The zero-order chi connectivity index (χ0) is 14.1. The minimum absolute atomic E-state index is 0.140. The third kappa shape index (κ3) is 2.47. The fraction of sp³-hybridized carbons (Fsp3) is 0.267. The first-order valence-corrected chi connectivity index (χ1v) is 6.60. The van der Waals surface area contributed by atoms with Crippen LogP contribution in [0.2, 0.25) is 0 Å². The van der Waals surface area contributed by atoms with Gasteiger partial charge in [-0.1, -0.05) is 0 Å². The Morgan fingerprint density at radius 2 is 2.05 bits per heavy atom. The molecule has 1 fully saturated rings. The van der Waals surface area contributed by atoms with Crippen LogP contribution < -0.4 is 15.8 Å². The Morgan fingerprint density at radius 1 is 1.35 bits per heavy atom. The lowest BCUT2D eigenvalue weighted by Crippen LogP contribution is -2.16. The van der Waals surface area contributed by atoms with Gasteiger partial charge in [-0.2, -0.15) is 0 Å². The van der Waals surface area contributed by atoms with E-state index < -0.39 is 0 Å². The zero-order valence-electron chi connectivity index (χ0n) is 11.3. The summed E-state index contributed by atoms with van der Waals surface area (Å²) in [7, 11) is 1.61. The number of hydrogen-bond donors (Lipinski definition) is 2. The number of benzene rings is 1. The van der Waals surface area contributed by atoms with E-state index in [-0.39, 0.29) is 5.91 Å². The lowest BCUT2D eigenvalue weighted by molar-refractivity contribution is 0.101. The number of ether oxygens (including phenoxy) is 1. The highest BCUT2D eigenvalue weighted by atomic mass is 16.5. The summed E-state index contributed by atoms with van der Waals surface area (Å²) in [5, 5.41) is 2.88. The van der Waals surface area contributed by atoms with Crippen LogP contribution in [-0.4, -0.2) is 17.6 Å². The van der Waals surface area contributed by atoms with Crippen molar-refractivity contribution in [1.29, 1.82) is 0 Å². The Morgan fingerprint density at radius 3 is 2.65 bits per heavy atom. The van der Waals surface area contributed by atoms with Gasteiger partial charge >= 0.3 is 0 Å². The van der Waals surface area contributed by atoms with Crippen molar-refractivity contribution in [3.05, 3.63) is 42.2 Å². The molecule has 1 aliphatic carbocycles. The topological polar surface area (TPSA) is 69.3 Å². The highest BCUT2D eigenvalue weighted by Gasteiger charge is 2.27. The highest BCUT2D eigenvalue weighted by Crippen LogP contribution is 2.37. The number of carbonyl (C=O) groups is 1. The number of carbonyl (C=O) groups excluding carboxylic acids is 1. The molecule has 2 aromatic rings. The number of nitrogen functional groups attached to an aromatic ring is 1. The van der Waals surface area contributed by atoms with Gasteiger partial charge in [0.15, 0.2) is 0 Å². The van der Waals surface area contributed by atoms with E-state index in [0.717, 1.165) is 24.3 Å². The van der Waals surface area contributed by atoms with Crippen molar-refractivity contribution in [3.63, 3.8) is 0 Å². The number of methoxy groups -OCH3 is 1. The van der Waals surface area contributed by atoms with Gasteiger partial charge in [-0.25, -0.2) is 0 Å². The molecular formula is C15H17N3O2. The lowest BCUT2D eigenvalue weighted by atomic mass is 10.3. The van der Waals surface area contributed by atoms with Gasteiger partial charge in [0.25, 0.3) is 5.91 Å². The molecule has 0 bridgehead atoms. The van der Waals surface area contributed by atoms with Crippen molar-refractivity contribution in [2.45, 2.75) is 18.9 Å². The molecule has 3 rings (SSSR count). The van der Waals surface area contributed by atoms with E-state index in [1.807, 2.05) is 35.0 Å². The van der Waals surface area contributed by atoms with E-state index in [1.54, 1.807) is 13.2 Å². The van der Waals surface area contributed by atoms with Gasteiger partial charge in [0.1, 0.15) is 11.4 Å². The Kier molecular flexibility index (Phi) is 3.10. The third-order valence-corrected chi connectivity index (χ3v) is 3.39. The molecule has 3 N–H and O–H groups in total. The van der Waals surface area contributed by atoms with Crippen molar-refractivity contribution in [2.75, 3.05) is 18.2 Å². The number of nitrogens with one attached hydrogen (secondary N) is 1. The van der Waals surface area contributed by atoms with Crippen LogP contribution in [0.25, 0.3) is 0 Å². The van der Waals surface area contributed by atoms with Crippen LogP contribution in [0, 0.1) is 0 Å². The fourth-order valence-electron chi connectivity index (χ4n) is 2.21. The monoisotopic (exact) mass is 271 g/mol. The van der Waals surface area contributed by atoms with Gasteiger partial charge in [0, 0.05) is 17.9 Å². The maximum absolute atomic E-state index is 12.3. The normalized spacial score (nSPS) is 14.1. The van der Waals surface area contributed by atoms with Gasteiger partial charge in [-0.3, -0.25) is 4.79 Å². The summed E-state index contributed by atoms with van der Waals surface area (Å²) < 4.78 is 7.05. The van der Waals surface area contributed by atoms with Gasteiger partial charge < -0.3 is 20.4 Å². The van der Waals surface area contributed by atoms with E-state index in [2.05, 4.69) is 5.32 Å². The molecule has 0 unspecified atom stereocenters. The zero-order valence-corrected chi connectivity index (χ0v) is 11.3. The number of rotatable bonds is 4. The Hall–Kier alpha value is -2.43. The molecule has 1 aliphatic rings. The first kappa shape index (κ1) is 12.6. The molecule has 5 nitrogen and oxygen atoms in total. The van der Waals surface area contributed by atoms with Crippen molar-refractivity contribution in [3.8, 4) is 5.75 Å². The average molecular weight is 271 g/mol. The molecule has 0 spiro atoms. The highest BCUT2D eigenvalue weighted by molar-refractivity contribution is 6.03. The van der Waals surface area contributed by atoms with Crippen molar-refractivity contribution >= 4 is 17.3 Å². The van der Waals surface area contributed by atoms with E-state index in [9.17, 15) is 4.79 Å². The van der Waals surface area contributed by atoms with Crippen molar-refractivity contribution in [1.82, 2.24) is 4.57 Å². The maximum Gasteiger partial charge on any atom is 0.272 e. The second kappa shape index (κ2) is 4.92. The second-order valence-corrected chi connectivity index (χ2v) is 4.98. The molecule has 1 heterocycles. The van der Waals surface area contributed by atoms with E-state index in [0.29, 0.717) is 17.4 Å². The number of anilines is 2. The van der Waals surface area contributed by atoms with Crippen LogP contribution in [0.5, 0.6) is 5.75 Å². The maximum atomic E-state index is 12.3. The molecule has 0 saturated heterocycles. The third-order valence-electron chi connectivity index (χ3n) is 3.39. The quantitative estimate of drug-likeness (QED) is 0.898. The van der Waals surface area contributed by atoms with E-state index in [4.69, 9.17) is 10.5 Å². The molecule has 0 aliphatic heterocycles. The van der Waals surface area contributed by atoms with Crippen LogP contribution in [0.1, 0.15) is 29.4 Å². The molecular weight excluding hydrogens is 254 g/mol. The Labute approximate surface area is 117 Å². The van der Waals surface area contributed by atoms with Crippen LogP contribution in [0.15, 0.2) is 36.5 Å². The standard InChI is InChI=1S/C15H17N3O2/c1-20-13-6-2-11(3-7-13)17-15(19)14-8-10(16)9-18(14)12-4-5-12/h2-3,6-9,12H,4-5,16H2,1H3,(H,17,19). The number of nitrogens with two attached hydrogens (primary N) is 1. The summed E-state index contributed by atoms with van der Waals surface area (Å²) in [4.78, 5) is 12.3. The first-order valence-electron chi connectivity index (χ1n) is 6.60. The molecule has 5 heteroatoms. The number of nitrogens with zero attached hydrogens (tertiary/aromatic N) is 1. The smallest absolute Gasteiger partial charge is 0.272 e. The number of hydrogen-bond acceptors (Lipinski definition) is 3. The summed E-state index contributed by atoms with van der Waals surface area (Å²) in [6.07, 6.45) is 4.05. The summed E-state index contributed by atoms with van der Waals surface area (Å²) in [5.41, 5.74) is 7.76. The van der Waals surface area contributed by atoms with Crippen molar-refractivity contribution < 1.29 is 9.53 Å². The largest absolute Gasteiger partial charge is 0.497 e. The molecule has 20 heavy (non-hydrogen) atoms. The molecule has 0 atom stereocenters. The van der Waals surface area contributed by atoms with Gasteiger partial charge in [0.2, 0.25) is 0 Å². The Balaban J connectivity index is 1.78. The van der Waals surface area contributed by atoms with E-state index >= 15 is 0 Å². The summed E-state index contributed by atoms with van der Waals surface area (Å²) in [6, 6.07) is 9.38. The molecule has 0 radical (unpaired) electrons. The second-order valence-electron chi connectivity index (χ2n) is 4.98. The molecule has 1 aromatic heterocycles. The van der Waals surface area contributed by atoms with Gasteiger partial charge in [0.05, 0.1) is 12.8 Å². The number of amides is 1. The predicted octanol–water partition coefficient (Wildman–Crippen LogP) is 2.67. The van der Waals surface area contributed by atoms with Gasteiger partial charge in [-0.15, -0.1) is 0 Å².